The quantitative estimate of drug-likeness (QED) is 0.786. The third kappa shape index (κ3) is 6.84. The summed E-state index contributed by atoms with van der Waals surface area (Å²) in [7, 11) is 0. The zero-order chi connectivity index (χ0) is 15.1. The molecule has 5 heteroatoms. The number of nitrogens with two attached hydrogens (primary N) is 1. The molecule has 0 spiro atoms. The Labute approximate surface area is 142 Å². The van der Waals surface area contributed by atoms with Crippen LogP contribution in [0.3, 0.4) is 0 Å². The highest BCUT2D eigenvalue weighted by atomic mass is 35.5. The fourth-order valence-corrected chi connectivity index (χ4v) is 3.64. The number of carbonyl (C=O) groups excluding carboxylic acids is 1. The summed E-state index contributed by atoms with van der Waals surface area (Å²) in [4.78, 5) is 14.5. The molecule has 4 nitrogen and oxygen atoms in total. The minimum Gasteiger partial charge on any atom is -0.353 e. The highest BCUT2D eigenvalue weighted by molar-refractivity contribution is 5.85. The van der Waals surface area contributed by atoms with Gasteiger partial charge >= 0.3 is 0 Å². The average molecular weight is 332 g/mol. The molecule has 0 aromatic carbocycles. The second kappa shape index (κ2) is 10.5. The van der Waals surface area contributed by atoms with E-state index in [1.54, 1.807) is 0 Å². The summed E-state index contributed by atoms with van der Waals surface area (Å²) in [6, 6.07) is -0.311. The Morgan fingerprint density at radius 1 is 1.18 bits per heavy atom. The Hall–Kier alpha value is -0.320. The molecule has 2 aliphatic rings. The van der Waals surface area contributed by atoms with Gasteiger partial charge in [0.15, 0.2) is 0 Å². The Balaban J connectivity index is 0.00000242. The molecule has 1 atom stereocenters. The van der Waals surface area contributed by atoms with Gasteiger partial charge in [-0.15, -0.1) is 12.4 Å². The van der Waals surface area contributed by atoms with Crippen molar-refractivity contribution in [2.24, 2.45) is 17.6 Å². The van der Waals surface area contributed by atoms with Gasteiger partial charge < -0.3 is 16.0 Å². The number of carbonyl (C=O) groups is 1. The predicted molar refractivity (Wildman–Crippen MR) is 94.3 cm³/mol. The van der Waals surface area contributed by atoms with Crippen LogP contribution in [0.25, 0.3) is 0 Å². The van der Waals surface area contributed by atoms with Crippen molar-refractivity contribution in [1.29, 1.82) is 0 Å². The van der Waals surface area contributed by atoms with E-state index in [-0.39, 0.29) is 24.4 Å². The fraction of sp³-hybridized carbons (Fsp3) is 0.941. The number of hydrogen-bond acceptors (Lipinski definition) is 3. The lowest BCUT2D eigenvalue weighted by Gasteiger charge is -2.30. The topological polar surface area (TPSA) is 58.4 Å². The van der Waals surface area contributed by atoms with E-state index in [0.717, 1.165) is 25.4 Å². The fourth-order valence-electron chi connectivity index (χ4n) is 3.64. The van der Waals surface area contributed by atoms with E-state index in [2.05, 4.69) is 17.1 Å². The first-order valence-electron chi connectivity index (χ1n) is 8.91. The van der Waals surface area contributed by atoms with Crippen LogP contribution in [0.4, 0.5) is 0 Å². The van der Waals surface area contributed by atoms with Gasteiger partial charge in [0.25, 0.3) is 0 Å². The SMILES string of the molecule is CC1CCN(CCNC(=O)C(N)CC2CCCCC2)CC1.Cl. The van der Waals surface area contributed by atoms with E-state index >= 15 is 0 Å². The standard InChI is InChI=1S/C17H33N3O.ClH/c1-14-7-10-20(11-8-14)12-9-19-17(21)16(18)13-15-5-3-2-4-6-15;/h14-16H,2-13,18H2,1H3,(H,19,21);1H. The van der Waals surface area contributed by atoms with E-state index in [0.29, 0.717) is 5.92 Å². The van der Waals surface area contributed by atoms with Gasteiger partial charge in [-0.05, 0) is 44.2 Å². The maximum absolute atomic E-state index is 12.1. The van der Waals surface area contributed by atoms with Crippen LogP contribution in [-0.2, 0) is 4.79 Å². The van der Waals surface area contributed by atoms with Crippen molar-refractivity contribution >= 4 is 18.3 Å². The monoisotopic (exact) mass is 331 g/mol. The summed E-state index contributed by atoms with van der Waals surface area (Å²) in [5, 5.41) is 3.02. The second-order valence-electron chi connectivity index (χ2n) is 7.16. The maximum Gasteiger partial charge on any atom is 0.236 e. The molecule has 1 unspecified atom stereocenters. The van der Waals surface area contributed by atoms with E-state index in [4.69, 9.17) is 5.73 Å². The van der Waals surface area contributed by atoms with E-state index in [1.807, 2.05) is 0 Å². The third-order valence-corrected chi connectivity index (χ3v) is 5.25. The number of hydrogen-bond donors (Lipinski definition) is 2. The molecule has 0 aromatic rings. The number of nitrogens with zero attached hydrogens (tertiary/aromatic N) is 1. The molecule has 22 heavy (non-hydrogen) atoms. The van der Waals surface area contributed by atoms with Crippen LogP contribution < -0.4 is 11.1 Å². The van der Waals surface area contributed by atoms with Crippen molar-refractivity contribution in [2.75, 3.05) is 26.2 Å². The van der Waals surface area contributed by atoms with Crippen LogP contribution >= 0.6 is 12.4 Å². The van der Waals surface area contributed by atoms with Crippen LogP contribution in [0.15, 0.2) is 0 Å². The average Bonchev–Trinajstić information content (AvgIpc) is 2.50. The van der Waals surface area contributed by atoms with Crippen molar-refractivity contribution in [3.05, 3.63) is 0 Å². The van der Waals surface area contributed by atoms with Gasteiger partial charge in [-0.2, -0.15) is 0 Å². The van der Waals surface area contributed by atoms with Crippen LogP contribution in [0.5, 0.6) is 0 Å². The van der Waals surface area contributed by atoms with Crippen LogP contribution in [0, 0.1) is 11.8 Å². The molecule has 0 bridgehead atoms. The molecule has 1 amide bonds. The Kier molecular flexibility index (Phi) is 9.37. The van der Waals surface area contributed by atoms with Gasteiger partial charge in [-0.1, -0.05) is 39.0 Å². The lowest BCUT2D eigenvalue weighted by molar-refractivity contribution is -0.122. The molecule has 0 aromatic heterocycles. The van der Waals surface area contributed by atoms with Crippen molar-refractivity contribution in [1.82, 2.24) is 10.2 Å². The zero-order valence-electron chi connectivity index (χ0n) is 14.1. The lowest BCUT2D eigenvalue weighted by Crippen LogP contribution is -2.45. The predicted octanol–water partition coefficient (Wildman–Crippen LogP) is 2.55. The molecule has 3 N–H and O–H groups in total. The first-order valence-corrected chi connectivity index (χ1v) is 8.91. The number of nitrogens with one attached hydrogen (secondary N) is 1. The molecular weight excluding hydrogens is 298 g/mol. The van der Waals surface area contributed by atoms with Crippen LogP contribution in [0.1, 0.15) is 58.3 Å². The summed E-state index contributed by atoms with van der Waals surface area (Å²) >= 11 is 0. The van der Waals surface area contributed by atoms with Gasteiger partial charge in [0.1, 0.15) is 0 Å². The van der Waals surface area contributed by atoms with Gasteiger partial charge in [0.2, 0.25) is 5.91 Å². The summed E-state index contributed by atoms with van der Waals surface area (Å²) in [6.45, 7) is 6.37. The van der Waals surface area contributed by atoms with Crippen LogP contribution in [0.2, 0.25) is 0 Å². The molecule has 1 aliphatic heterocycles. The molecule has 0 radical (unpaired) electrons. The normalized spacial score (nSPS) is 22.8. The smallest absolute Gasteiger partial charge is 0.236 e. The molecule has 1 saturated carbocycles. The van der Waals surface area contributed by atoms with Gasteiger partial charge in [-0.3, -0.25) is 4.79 Å². The van der Waals surface area contributed by atoms with E-state index in [1.165, 1.54) is 58.0 Å². The number of piperidine rings is 1. The van der Waals surface area contributed by atoms with E-state index in [9.17, 15) is 4.79 Å². The Morgan fingerprint density at radius 3 is 2.45 bits per heavy atom. The number of amides is 1. The number of likely N-dealkylation sites (tertiary alicyclic amines) is 1. The summed E-state index contributed by atoms with van der Waals surface area (Å²) < 4.78 is 0. The summed E-state index contributed by atoms with van der Waals surface area (Å²) in [5.74, 6) is 1.58. The van der Waals surface area contributed by atoms with Crippen molar-refractivity contribution in [3.8, 4) is 0 Å². The number of rotatable bonds is 6. The molecule has 1 aliphatic carbocycles. The van der Waals surface area contributed by atoms with E-state index < -0.39 is 0 Å². The molecular formula is C17H34ClN3O. The van der Waals surface area contributed by atoms with Crippen molar-refractivity contribution in [3.63, 3.8) is 0 Å². The Morgan fingerprint density at radius 2 is 1.82 bits per heavy atom. The van der Waals surface area contributed by atoms with Gasteiger partial charge in [-0.25, -0.2) is 0 Å². The minimum absolute atomic E-state index is 0. The largest absolute Gasteiger partial charge is 0.353 e. The molecule has 2 rings (SSSR count). The second-order valence-corrected chi connectivity index (χ2v) is 7.16. The first kappa shape index (κ1) is 19.7. The maximum atomic E-state index is 12.1. The number of halogens is 1. The van der Waals surface area contributed by atoms with Gasteiger partial charge in [0, 0.05) is 13.1 Å². The molecule has 1 heterocycles. The van der Waals surface area contributed by atoms with Gasteiger partial charge in [0.05, 0.1) is 6.04 Å². The summed E-state index contributed by atoms with van der Waals surface area (Å²) in [6.07, 6.45) is 9.93. The highest BCUT2D eigenvalue weighted by Crippen LogP contribution is 2.26. The zero-order valence-corrected chi connectivity index (χ0v) is 14.9. The Bertz CT molecular complexity index is 313. The van der Waals surface area contributed by atoms with Crippen molar-refractivity contribution < 1.29 is 4.79 Å². The molecule has 1 saturated heterocycles. The van der Waals surface area contributed by atoms with Crippen LogP contribution in [-0.4, -0.2) is 43.0 Å². The van der Waals surface area contributed by atoms with Crippen molar-refractivity contribution in [2.45, 2.75) is 64.3 Å². The minimum atomic E-state index is -0.311. The lowest BCUT2D eigenvalue weighted by atomic mass is 9.85. The third-order valence-electron chi connectivity index (χ3n) is 5.25. The highest BCUT2D eigenvalue weighted by Gasteiger charge is 2.21. The first-order chi connectivity index (χ1) is 10.1. The summed E-state index contributed by atoms with van der Waals surface area (Å²) in [5.41, 5.74) is 6.06. The molecule has 130 valence electrons. The molecule has 2 fully saturated rings.